The first-order chi connectivity index (χ1) is 19.2. The predicted octanol–water partition coefficient (Wildman–Crippen LogP) is 6.56. The van der Waals surface area contributed by atoms with Crippen molar-refractivity contribution >= 4 is 33.2 Å². The Morgan fingerprint density at radius 2 is 1.52 bits per heavy atom. The van der Waals surface area contributed by atoms with Crippen LogP contribution in [-0.4, -0.2) is 27.0 Å². The van der Waals surface area contributed by atoms with E-state index >= 15 is 0 Å². The molecule has 1 N–H and O–H groups in total. The van der Waals surface area contributed by atoms with E-state index in [4.69, 9.17) is 16.3 Å². The van der Waals surface area contributed by atoms with E-state index in [0.717, 1.165) is 24.0 Å². The highest BCUT2D eigenvalue weighted by molar-refractivity contribution is 7.92. The fourth-order valence-electron chi connectivity index (χ4n) is 4.18. The third-order valence-corrected chi connectivity index (χ3v) is 8.50. The number of benzene rings is 4. The Morgan fingerprint density at radius 1 is 0.875 bits per heavy atom. The maximum absolute atomic E-state index is 13.7. The number of nitrogens with zero attached hydrogens (tertiary/aromatic N) is 1. The second-order valence-corrected chi connectivity index (χ2v) is 12.0. The van der Waals surface area contributed by atoms with E-state index in [2.05, 4.69) is 17.4 Å². The molecular formula is C32H33ClN2O4S. The fraction of sp³-hybridized carbons (Fsp3) is 0.219. The molecule has 4 aromatic rings. The first-order valence-electron chi connectivity index (χ1n) is 13.1. The lowest BCUT2D eigenvalue weighted by Crippen LogP contribution is -2.36. The minimum absolute atomic E-state index is 0.00656. The summed E-state index contributed by atoms with van der Waals surface area (Å²) in [6.45, 7) is 3.87. The second kappa shape index (κ2) is 13.5. The lowest BCUT2D eigenvalue weighted by atomic mass is 10.1. The number of hydrogen-bond acceptors (Lipinski definition) is 4. The van der Waals surface area contributed by atoms with E-state index in [1.54, 1.807) is 72.8 Å². The number of ether oxygens (including phenoxy) is 1. The zero-order chi connectivity index (χ0) is 28.5. The molecule has 0 fully saturated rings. The number of sulfonamides is 1. The highest BCUT2D eigenvalue weighted by atomic mass is 35.5. The van der Waals surface area contributed by atoms with Crippen LogP contribution in [0.1, 0.15) is 30.0 Å². The number of amides is 1. The topological polar surface area (TPSA) is 75.7 Å². The molecule has 1 atom stereocenters. The first-order valence-corrected chi connectivity index (χ1v) is 14.9. The minimum atomic E-state index is -3.86. The van der Waals surface area contributed by atoms with Crippen molar-refractivity contribution in [1.82, 2.24) is 5.32 Å². The van der Waals surface area contributed by atoms with Crippen molar-refractivity contribution < 1.29 is 17.9 Å². The average molecular weight is 577 g/mol. The van der Waals surface area contributed by atoms with Crippen molar-refractivity contribution in [3.63, 3.8) is 0 Å². The molecular weight excluding hydrogens is 544 g/mol. The van der Waals surface area contributed by atoms with Gasteiger partial charge < -0.3 is 10.1 Å². The van der Waals surface area contributed by atoms with Crippen LogP contribution >= 0.6 is 11.6 Å². The summed E-state index contributed by atoms with van der Waals surface area (Å²) in [5.74, 6) is 0.256. The Balaban J connectivity index is 1.41. The van der Waals surface area contributed by atoms with E-state index in [-0.39, 0.29) is 30.0 Å². The van der Waals surface area contributed by atoms with Crippen LogP contribution in [0.4, 0.5) is 5.69 Å². The molecule has 0 saturated carbocycles. The minimum Gasteiger partial charge on any atom is -0.484 e. The van der Waals surface area contributed by atoms with Crippen LogP contribution in [0.3, 0.4) is 0 Å². The second-order valence-electron chi connectivity index (χ2n) is 9.73. The van der Waals surface area contributed by atoms with Crippen LogP contribution in [-0.2, 0) is 27.8 Å². The van der Waals surface area contributed by atoms with Gasteiger partial charge in [-0.25, -0.2) is 8.42 Å². The number of carbonyl (C=O) groups excluding carboxylic acids is 1. The summed E-state index contributed by atoms with van der Waals surface area (Å²) in [5.41, 5.74) is 3.47. The number of anilines is 1. The zero-order valence-corrected chi connectivity index (χ0v) is 24.2. The highest BCUT2D eigenvalue weighted by Gasteiger charge is 2.25. The molecule has 0 bridgehead atoms. The summed E-state index contributed by atoms with van der Waals surface area (Å²) in [5, 5.41) is 3.54. The molecule has 40 heavy (non-hydrogen) atoms. The average Bonchev–Trinajstić information content (AvgIpc) is 2.96. The normalized spacial score (nSPS) is 12.0. The smallest absolute Gasteiger partial charge is 0.264 e. The van der Waals surface area contributed by atoms with Gasteiger partial charge in [-0.1, -0.05) is 71.8 Å². The van der Waals surface area contributed by atoms with Crippen molar-refractivity contribution in [3.05, 3.63) is 125 Å². The number of halogens is 1. The van der Waals surface area contributed by atoms with Crippen LogP contribution in [0.2, 0.25) is 5.02 Å². The van der Waals surface area contributed by atoms with Crippen molar-refractivity contribution in [2.75, 3.05) is 10.9 Å². The summed E-state index contributed by atoms with van der Waals surface area (Å²) < 4.78 is 34.4. The van der Waals surface area contributed by atoms with Gasteiger partial charge >= 0.3 is 0 Å². The molecule has 208 valence electrons. The van der Waals surface area contributed by atoms with E-state index in [1.807, 2.05) is 32.0 Å². The molecule has 4 rings (SSSR count). The quantitative estimate of drug-likeness (QED) is 0.207. The highest BCUT2D eigenvalue weighted by Crippen LogP contribution is 2.28. The van der Waals surface area contributed by atoms with Gasteiger partial charge in [0.1, 0.15) is 5.75 Å². The van der Waals surface area contributed by atoms with E-state index < -0.39 is 10.0 Å². The van der Waals surface area contributed by atoms with Crippen molar-refractivity contribution in [3.8, 4) is 5.75 Å². The summed E-state index contributed by atoms with van der Waals surface area (Å²) in [6, 6.07) is 30.7. The van der Waals surface area contributed by atoms with Gasteiger partial charge in [-0.05, 0) is 86.3 Å². The molecule has 1 unspecified atom stereocenters. The summed E-state index contributed by atoms with van der Waals surface area (Å²) >= 11 is 6.03. The third kappa shape index (κ3) is 8.10. The van der Waals surface area contributed by atoms with Crippen LogP contribution in [0.25, 0.3) is 0 Å². The Morgan fingerprint density at radius 3 is 2.17 bits per heavy atom. The monoisotopic (exact) mass is 576 g/mol. The van der Waals surface area contributed by atoms with Gasteiger partial charge in [-0.2, -0.15) is 0 Å². The molecule has 0 aliphatic carbocycles. The Kier molecular flexibility index (Phi) is 9.85. The summed E-state index contributed by atoms with van der Waals surface area (Å²) in [7, 11) is -3.86. The molecule has 0 aromatic heterocycles. The molecule has 8 heteroatoms. The van der Waals surface area contributed by atoms with Gasteiger partial charge in [0.25, 0.3) is 15.9 Å². The predicted molar refractivity (Wildman–Crippen MR) is 160 cm³/mol. The lowest BCUT2D eigenvalue weighted by molar-refractivity contribution is -0.123. The number of carbonyl (C=O) groups is 1. The van der Waals surface area contributed by atoms with Gasteiger partial charge in [-0.3, -0.25) is 9.10 Å². The number of nitrogens with one attached hydrogen (secondary N) is 1. The molecule has 1 amide bonds. The molecule has 0 heterocycles. The van der Waals surface area contributed by atoms with E-state index in [0.29, 0.717) is 16.5 Å². The number of hydrogen-bond donors (Lipinski definition) is 1. The lowest BCUT2D eigenvalue weighted by Gasteiger charge is -2.25. The maximum atomic E-state index is 13.7. The van der Waals surface area contributed by atoms with Crippen LogP contribution in [0, 0.1) is 6.92 Å². The largest absolute Gasteiger partial charge is 0.484 e. The van der Waals surface area contributed by atoms with Crippen LogP contribution in [0.15, 0.2) is 108 Å². The van der Waals surface area contributed by atoms with Crippen molar-refractivity contribution in [2.24, 2.45) is 0 Å². The number of rotatable bonds is 12. The van der Waals surface area contributed by atoms with Gasteiger partial charge in [0.15, 0.2) is 6.61 Å². The molecule has 6 nitrogen and oxygen atoms in total. The van der Waals surface area contributed by atoms with Crippen molar-refractivity contribution in [2.45, 2.75) is 44.2 Å². The third-order valence-electron chi connectivity index (χ3n) is 6.46. The summed E-state index contributed by atoms with van der Waals surface area (Å²) in [4.78, 5) is 12.6. The standard InChI is InChI=1S/C32H33ClN2O4S/c1-24-8-20-31(21-9-24)40(37,38)35(22-27-12-14-28(33)15-13-27)29-16-18-30(19-17-29)39-23-32(36)34-25(2)10-11-26-6-4-3-5-7-26/h3-9,12-21,25H,10-11,22-23H2,1-2H3,(H,34,36). The zero-order valence-electron chi connectivity index (χ0n) is 22.6. The molecule has 0 aliphatic rings. The van der Waals surface area contributed by atoms with Crippen molar-refractivity contribution in [1.29, 1.82) is 0 Å². The van der Waals surface area contributed by atoms with E-state index in [9.17, 15) is 13.2 Å². The summed E-state index contributed by atoms with van der Waals surface area (Å²) in [6.07, 6.45) is 1.70. The van der Waals surface area contributed by atoms with Gasteiger partial charge in [0.2, 0.25) is 0 Å². The number of aryl methyl sites for hydroxylation is 2. The van der Waals surface area contributed by atoms with Gasteiger partial charge in [0, 0.05) is 11.1 Å². The fourth-order valence-corrected chi connectivity index (χ4v) is 5.76. The SMILES string of the molecule is Cc1ccc(S(=O)(=O)N(Cc2ccc(Cl)cc2)c2ccc(OCC(=O)NC(C)CCc3ccccc3)cc2)cc1. The Labute approximate surface area is 241 Å². The van der Waals surface area contributed by atoms with Crippen LogP contribution in [0.5, 0.6) is 5.75 Å². The molecule has 0 spiro atoms. The molecule has 0 aliphatic heterocycles. The molecule has 0 saturated heterocycles. The van der Waals surface area contributed by atoms with Gasteiger partial charge in [0.05, 0.1) is 17.1 Å². The Hall–Kier alpha value is -3.81. The van der Waals surface area contributed by atoms with Gasteiger partial charge in [-0.15, -0.1) is 0 Å². The Bertz CT molecular complexity index is 1490. The molecule has 0 radical (unpaired) electrons. The first kappa shape index (κ1) is 29.2. The molecule has 4 aromatic carbocycles. The maximum Gasteiger partial charge on any atom is 0.264 e. The van der Waals surface area contributed by atoms with Crippen LogP contribution < -0.4 is 14.4 Å². The van der Waals surface area contributed by atoms with E-state index in [1.165, 1.54) is 9.87 Å².